The third kappa shape index (κ3) is 5.58. The molecule has 1 saturated carbocycles. The first kappa shape index (κ1) is 24.6. The lowest BCUT2D eigenvalue weighted by atomic mass is 9.79. The smallest absolute Gasteiger partial charge is 0.512 e. The summed E-state index contributed by atoms with van der Waals surface area (Å²) in [5.74, 6) is -0.385. The van der Waals surface area contributed by atoms with E-state index in [1.165, 1.54) is 12.1 Å². The summed E-state index contributed by atoms with van der Waals surface area (Å²) in [7, 11) is 0. The van der Waals surface area contributed by atoms with Crippen molar-refractivity contribution in [2.24, 2.45) is 4.99 Å². The van der Waals surface area contributed by atoms with Crippen molar-refractivity contribution in [3.05, 3.63) is 76.7 Å². The Balaban J connectivity index is 1.61. The van der Waals surface area contributed by atoms with E-state index in [2.05, 4.69) is 9.72 Å². The van der Waals surface area contributed by atoms with Gasteiger partial charge in [-0.1, -0.05) is 37.3 Å². The highest BCUT2D eigenvalue weighted by atomic mass is 19.4. The van der Waals surface area contributed by atoms with Crippen molar-refractivity contribution in [2.45, 2.75) is 51.8 Å². The predicted molar refractivity (Wildman–Crippen MR) is 129 cm³/mol. The molecule has 2 aromatic carbocycles. The maximum atomic E-state index is 13.0. The number of aryl methyl sites for hydroxylation is 1. The number of fused-ring (bicyclic) bond motifs is 1. The monoisotopic (exact) mass is 484 g/mol. The van der Waals surface area contributed by atoms with Gasteiger partial charge in [0.25, 0.3) is 0 Å². The van der Waals surface area contributed by atoms with E-state index in [0.717, 1.165) is 16.8 Å². The molecule has 1 heterocycles. The number of halogens is 3. The Morgan fingerprint density at radius 1 is 1.17 bits per heavy atom. The molecule has 35 heavy (non-hydrogen) atoms. The first-order chi connectivity index (χ1) is 16.7. The summed E-state index contributed by atoms with van der Waals surface area (Å²) in [6.45, 7) is 3.96. The zero-order valence-electron chi connectivity index (χ0n) is 19.6. The highest BCUT2D eigenvalue weighted by molar-refractivity contribution is 6.24. The van der Waals surface area contributed by atoms with Crippen molar-refractivity contribution in [3.8, 4) is 5.75 Å². The Hall–Kier alpha value is -3.55. The number of carbonyl (C=O) groups is 1. The fourth-order valence-electron chi connectivity index (χ4n) is 4.69. The molecule has 8 heteroatoms. The van der Waals surface area contributed by atoms with Crippen molar-refractivity contribution in [3.63, 3.8) is 0 Å². The van der Waals surface area contributed by atoms with Gasteiger partial charge >= 0.3 is 6.36 Å². The third-order valence-electron chi connectivity index (χ3n) is 6.32. The molecule has 1 atom stereocenters. The molecule has 4 rings (SSSR count). The van der Waals surface area contributed by atoms with Gasteiger partial charge in [-0.05, 0) is 55.0 Å². The van der Waals surface area contributed by atoms with Crippen LogP contribution >= 0.6 is 0 Å². The van der Waals surface area contributed by atoms with E-state index >= 15 is 0 Å². The van der Waals surface area contributed by atoms with Crippen molar-refractivity contribution >= 4 is 22.4 Å². The van der Waals surface area contributed by atoms with E-state index in [-0.39, 0.29) is 23.2 Å². The SMILES string of the molecule is CCC(O)=C1C(=O)C[C@@H](c2ccccc2)CC1=NCCc1c(C)[nH]c2ccc(OC(F)(F)F)cc12. The Morgan fingerprint density at radius 2 is 1.91 bits per heavy atom. The van der Waals surface area contributed by atoms with E-state index in [9.17, 15) is 23.1 Å². The normalized spacial score (nSPS) is 19.4. The van der Waals surface area contributed by atoms with E-state index in [0.29, 0.717) is 54.4 Å². The van der Waals surface area contributed by atoms with E-state index < -0.39 is 6.36 Å². The van der Waals surface area contributed by atoms with Gasteiger partial charge in [-0.25, -0.2) is 0 Å². The number of nitrogens with one attached hydrogen (secondary N) is 1. The van der Waals surface area contributed by atoms with Crippen LogP contribution in [0.1, 0.15) is 48.9 Å². The standard InChI is InChI=1S/C27H27F3N2O3/c1-3-24(33)26-23(13-18(14-25(26)34)17-7-5-4-6-8-17)31-12-11-20-16(2)32-22-10-9-19(15-21(20)22)35-27(28,29)30/h4-10,15,18,32-33H,3,11-14H2,1-2H3/t18-/m0/s1. The number of aliphatic hydroxyl groups excluding tert-OH is 1. The number of aromatic nitrogens is 1. The number of benzene rings is 2. The largest absolute Gasteiger partial charge is 0.573 e. The van der Waals surface area contributed by atoms with Gasteiger partial charge < -0.3 is 14.8 Å². The number of aliphatic hydroxyl groups is 1. The lowest BCUT2D eigenvalue weighted by Crippen LogP contribution is -2.27. The summed E-state index contributed by atoms with van der Waals surface area (Å²) in [4.78, 5) is 20.9. The number of Topliss-reactive ketones (excluding diaryl/α,β-unsaturated/α-hetero) is 1. The van der Waals surface area contributed by atoms with Gasteiger partial charge in [-0.3, -0.25) is 9.79 Å². The molecule has 3 aromatic rings. The van der Waals surface area contributed by atoms with Crippen molar-refractivity contribution < 1.29 is 27.8 Å². The molecule has 0 amide bonds. The number of H-pyrrole nitrogens is 1. The van der Waals surface area contributed by atoms with E-state index in [1.54, 1.807) is 13.0 Å². The Kier molecular flexibility index (Phi) is 7.00. The maximum Gasteiger partial charge on any atom is 0.573 e. The number of hydrogen-bond acceptors (Lipinski definition) is 4. The molecule has 0 radical (unpaired) electrons. The number of ether oxygens (including phenoxy) is 1. The van der Waals surface area contributed by atoms with Crippen LogP contribution in [0, 0.1) is 6.92 Å². The maximum absolute atomic E-state index is 13.0. The topological polar surface area (TPSA) is 74.7 Å². The van der Waals surface area contributed by atoms with E-state index in [1.807, 2.05) is 37.3 Å². The minimum Gasteiger partial charge on any atom is -0.512 e. The molecular formula is C27H27F3N2O3. The molecule has 0 spiro atoms. The van der Waals surface area contributed by atoms with Crippen LogP contribution in [-0.2, 0) is 11.2 Å². The molecule has 1 aromatic heterocycles. The molecule has 184 valence electrons. The van der Waals surface area contributed by atoms with Crippen molar-refractivity contribution in [1.82, 2.24) is 4.98 Å². The minimum atomic E-state index is -4.77. The first-order valence-electron chi connectivity index (χ1n) is 11.6. The summed E-state index contributed by atoms with van der Waals surface area (Å²) < 4.78 is 42.1. The number of rotatable bonds is 6. The Labute approximate surface area is 201 Å². The lowest BCUT2D eigenvalue weighted by molar-refractivity contribution is -0.274. The number of hydrogen-bond donors (Lipinski definition) is 2. The quantitative estimate of drug-likeness (QED) is 0.301. The number of ketones is 1. The van der Waals surface area contributed by atoms with Gasteiger partial charge in [0.15, 0.2) is 5.78 Å². The van der Waals surface area contributed by atoms with Crippen LogP contribution in [0.2, 0.25) is 0 Å². The fraction of sp³-hybridized carbons (Fsp3) is 0.333. The Bertz CT molecular complexity index is 1290. The summed E-state index contributed by atoms with van der Waals surface area (Å²) in [6, 6.07) is 14.0. The first-order valence-corrected chi connectivity index (χ1v) is 11.6. The van der Waals surface area contributed by atoms with Crippen LogP contribution in [0.3, 0.4) is 0 Å². The van der Waals surface area contributed by atoms with Gasteiger partial charge in [0.1, 0.15) is 11.5 Å². The molecule has 1 aliphatic rings. The van der Waals surface area contributed by atoms with Crippen LogP contribution in [0.25, 0.3) is 10.9 Å². The summed E-state index contributed by atoms with van der Waals surface area (Å²) in [6.07, 6.45) is -3.13. The molecule has 0 saturated heterocycles. The van der Waals surface area contributed by atoms with Crippen LogP contribution in [0.4, 0.5) is 13.2 Å². The number of alkyl halides is 3. The summed E-state index contributed by atoms with van der Waals surface area (Å²) >= 11 is 0. The fourth-order valence-corrected chi connectivity index (χ4v) is 4.69. The number of carbonyl (C=O) groups excluding carboxylic acids is 1. The second-order valence-electron chi connectivity index (χ2n) is 8.68. The average Bonchev–Trinajstić information content (AvgIpc) is 3.12. The molecule has 2 N–H and O–H groups in total. The third-order valence-corrected chi connectivity index (χ3v) is 6.32. The number of aromatic amines is 1. The van der Waals surface area contributed by atoms with Gasteiger partial charge in [0.2, 0.25) is 0 Å². The Morgan fingerprint density at radius 3 is 2.60 bits per heavy atom. The number of aliphatic imine (C=N–C) groups is 1. The van der Waals surface area contributed by atoms with Gasteiger partial charge in [-0.2, -0.15) is 0 Å². The molecule has 0 bridgehead atoms. The minimum absolute atomic E-state index is 0.0206. The second-order valence-corrected chi connectivity index (χ2v) is 8.68. The molecular weight excluding hydrogens is 457 g/mol. The van der Waals surface area contributed by atoms with Crippen LogP contribution in [-0.4, -0.2) is 34.5 Å². The lowest BCUT2D eigenvalue weighted by Gasteiger charge is -2.26. The summed E-state index contributed by atoms with van der Waals surface area (Å²) in [5, 5.41) is 11.1. The van der Waals surface area contributed by atoms with Gasteiger partial charge in [0, 0.05) is 41.7 Å². The van der Waals surface area contributed by atoms with Gasteiger partial charge in [-0.15, -0.1) is 13.2 Å². The molecule has 1 aliphatic carbocycles. The van der Waals surface area contributed by atoms with Crippen LogP contribution in [0.15, 0.2) is 64.9 Å². The highest BCUT2D eigenvalue weighted by Gasteiger charge is 2.32. The van der Waals surface area contributed by atoms with Gasteiger partial charge in [0.05, 0.1) is 5.57 Å². The number of allylic oxidation sites excluding steroid dienone is 2. The second kappa shape index (κ2) is 9.98. The molecule has 1 fully saturated rings. The molecule has 0 unspecified atom stereocenters. The van der Waals surface area contributed by atoms with Crippen molar-refractivity contribution in [1.29, 1.82) is 0 Å². The van der Waals surface area contributed by atoms with Crippen LogP contribution < -0.4 is 4.74 Å². The number of nitrogens with zero attached hydrogens (tertiary/aromatic N) is 1. The average molecular weight is 485 g/mol. The molecule has 0 aliphatic heterocycles. The zero-order valence-corrected chi connectivity index (χ0v) is 19.6. The molecule has 5 nitrogen and oxygen atoms in total. The van der Waals surface area contributed by atoms with Crippen molar-refractivity contribution in [2.75, 3.05) is 6.54 Å². The predicted octanol–water partition coefficient (Wildman–Crippen LogP) is 6.73. The van der Waals surface area contributed by atoms with E-state index in [4.69, 9.17) is 4.99 Å². The highest BCUT2D eigenvalue weighted by Crippen LogP contribution is 2.34. The zero-order chi connectivity index (χ0) is 25.2. The summed E-state index contributed by atoms with van der Waals surface area (Å²) in [5.41, 5.74) is 4.31. The van der Waals surface area contributed by atoms with Crippen LogP contribution in [0.5, 0.6) is 5.75 Å².